The minimum Gasteiger partial charge on any atom is -0.467 e. The van der Waals surface area contributed by atoms with E-state index >= 15 is 0 Å². The van der Waals surface area contributed by atoms with Crippen LogP contribution in [0.25, 0.3) is 0 Å². The van der Waals surface area contributed by atoms with Crippen LogP contribution in [0.1, 0.15) is 24.8 Å². The Kier molecular flexibility index (Phi) is 5.58. The van der Waals surface area contributed by atoms with Gasteiger partial charge in [-0.15, -0.1) is 0 Å². The summed E-state index contributed by atoms with van der Waals surface area (Å²) >= 11 is 3.43. The summed E-state index contributed by atoms with van der Waals surface area (Å²) in [5.41, 5.74) is 3.82. The first-order valence-corrected chi connectivity index (χ1v) is 8.63. The summed E-state index contributed by atoms with van der Waals surface area (Å²) in [5.74, 6) is 0.996. The van der Waals surface area contributed by atoms with Gasteiger partial charge < -0.3 is 9.64 Å². The molecule has 0 bridgehead atoms. The summed E-state index contributed by atoms with van der Waals surface area (Å²) < 4.78 is 6.18. The van der Waals surface area contributed by atoms with E-state index in [4.69, 9.17) is 4.74 Å². The number of anilines is 2. The molecule has 8 heteroatoms. The van der Waals surface area contributed by atoms with Gasteiger partial charge in [-0.05, 0) is 37.0 Å². The summed E-state index contributed by atoms with van der Waals surface area (Å²) in [6.07, 6.45) is 5.26. The minimum absolute atomic E-state index is 0.283. The van der Waals surface area contributed by atoms with E-state index in [0.717, 1.165) is 36.0 Å². The van der Waals surface area contributed by atoms with Crippen molar-refractivity contribution in [3.05, 3.63) is 34.3 Å². The Hall–Kier alpha value is -2.22. The van der Waals surface area contributed by atoms with Crippen LogP contribution in [-0.4, -0.2) is 41.4 Å². The van der Waals surface area contributed by atoms with E-state index in [2.05, 4.69) is 46.3 Å². The number of ether oxygens (including phenoxy) is 1. The molecule has 1 N–H and O–H groups in total. The van der Waals surface area contributed by atoms with E-state index in [1.807, 2.05) is 24.3 Å². The van der Waals surface area contributed by atoms with Crippen molar-refractivity contribution >= 4 is 34.0 Å². The van der Waals surface area contributed by atoms with Crippen molar-refractivity contribution in [1.29, 1.82) is 0 Å². The highest BCUT2D eigenvalue weighted by atomic mass is 79.9. The molecule has 0 amide bonds. The maximum Gasteiger partial charge on any atom is 0.322 e. The van der Waals surface area contributed by atoms with Crippen molar-refractivity contribution in [1.82, 2.24) is 15.0 Å². The van der Waals surface area contributed by atoms with Gasteiger partial charge in [0, 0.05) is 17.6 Å². The number of hydrogen-bond acceptors (Lipinski definition) is 7. The van der Waals surface area contributed by atoms with Crippen molar-refractivity contribution < 1.29 is 4.74 Å². The van der Waals surface area contributed by atoms with Crippen LogP contribution in [0.4, 0.5) is 11.9 Å². The van der Waals surface area contributed by atoms with Crippen LogP contribution in [0.15, 0.2) is 33.8 Å². The van der Waals surface area contributed by atoms with E-state index in [1.165, 1.54) is 6.42 Å². The van der Waals surface area contributed by atoms with Crippen LogP contribution >= 0.6 is 15.9 Å². The largest absolute Gasteiger partial charge is 0.467 e. The first-order valence-electron chi connectivity index (χ1n) is 7.84. The van der Waals surface area contributed by atoms with Crippen molar-refractivity contribution in [2.75, 3.05) is 30.5 Å². The molecule has 0 spiro atoms. The maximum atomic E-state index is 5.18. The van der Waals surface area contributed by atoms with Crippen molar-refractivity contribution in [2.45, 2.75) is 19.3 Å². The molecular weight excluding hydrogens is 372 g/mol. The average Bonchev–Trinajstić information content (AvgIpc) is 2.62. The number of nitrogens with zero attached hydrogens (tertiary/aromatic N) is 5. The van der Waals surface area contributed by atoms with Crippen LogP contribution in [-0.2, 0) is 0 Å². The smallest absolute Gasteiger partial charge is 0.322 e. The van der Waals surface area contributed by atoms with Crippen LogP contribution in [0.2, 0.25) is 0 Å². The third-order valence-electron chi connectivity index (χ3n) is 3.65. The lowest BCUT2D eigenvalue weighted by Gasteiger charge is -2.26. The number of rotatable bonds is 5. The van der Waals surface area contributed by atoms with Crippen molar-refractivity contribution in [3.63, 3.8) is 0 Å². The normalized spacial score (nSPS) is 14.8. The zero-order chi connectivity index (χ0) is 16.8. The Bertz CT molecular complexity index is 717. The predicted molar refractivity (Wildman–Crippen MR) is 97.8 cm³/mol. The van der Waals surface area contributed by atoms with Crippen LogP contribution in [0.3, 0.4) is 0 Å². The molecule has 3 rings (SSSR count). The number of hydrogen-bond donors (Lipinski definition) is 1. The van der Waals surface area contributed by atoms with Gasteiger partial charge >= 0.3 is 6.01 Å². The summed E-state index contributed by atoms with van der Waals surface area (Å²) in [6, 6.07) is 8.13. The van der Waals surface area contributed by atoms with Gasteiger partial charge in [0.25, 0.3) is 5.95 Å². The molecule has 0 saturated carbocycles. The monoisotopic (exact) mass is 390 g/mol. The second-order valence-electron chi connectivity index (χ2n) is 5.42. The number of halogens is 1. The predicted octanol–water partition coefficient (Wildman–Crippen LogP) is 3.08. The molecule has 2 heterocycles. The molecule has 126 valence electrons. The molecule has 0 radical (unpaired) electrons. The highest BCUT2D eigenvalue weighted by Crippen LogP contribution is 2.19. The highest BCUT2D eigenvalue weighted by molar-refractivity contribution is 9.10. The lowest BCUT2D eigenvalue weighted by Crippen LogP contribution is -2.31. The molecule has 0 unspecified atom stereocenters. The second kappa shape index (κ2) is 8.05. The fourth-order valence-corrected chi connectivity index (χ4v) is 2.89. The molecular formula is C16H19BrN6O. The highest BCUT2D eigenvalue weighted by Gasteiger charge is 2.16. The van der Waals surface area contributed by atoms with Gasteiger partial charge in [0.05, 0.1) is 13.3 Å². The van der Waals surface area contributed by atoms with Gasteiger partial charge in [0.1, 0.15) is 0 Å². The average molecular weight is 391 g/mol. The molecule has 0 aliphatic carbocycles. The maximum absolute atomic E-state index is 5.18. The zero-order valence-electron chi connectivity index (χ0n) is 13.4. The van der Waals surface area contributed by atoms with E-state index in [9.17, 15) is 0 Å². The standard InChI is InChI=1S/C16H19BrN6O/c1-24-16-20-14(19-15(21-16)23-8-3-2-4-9-23)22-18-11-12-6-5-7-13(17)10-12/h5-7,10-11H,2-4,8-9H2,1H3,(H,19,20,21,22)/b18-11-. The molecule has 1 aliphatic rings. The SMILES string of the molecule is COc1nc(N/N=C\c2cccc(Br)c2)nc(N2CCCCC2)n1. The van der Waals surface area contributed by atoms with Crippen molar-refractivity contribution in [3.8, 4) is 6.01 Å². The lowest BCUT2D eigenvalue weighted by atomic mass is 10.1. The zero-order valence-corrected chi connectivity index (χ0v) is 15.0. The Labute approximate surface area is 149 Å². The van der Waals surface area contributed by atoms with Gasteiger partial charge in [0.15, 0.2) is 0 Å². The Morgan fingerprint density at radius 2 is 2.04 bits per heavy atom. The summed E-state index contributed by atoms with van der Waals surface area (Å²) in [7, 11) is 1.55. The number of benzene rings is 1. The molecule has 2 aromatic rings. The topological polar surface area (TPSA) is 75.5 Å². The van der Waals surface area contributed by atoms with E-state index in [1.54, 1.807) is 13.3 Å². The number of nitrogens with one attached hydrogen (secondary N) is 1. The molecule has 7 nitrogen and oxygen atoms in total. The molecule has 1 aromatic carbocycles. The number of methoxy groups -OCH3 is 1. The number of aromatic nitrogens is 3. The van der Waals surface area contributed by atoms with Gasteiger partial charge in [-0.2, -0.15) is 20.1 Å². The fraction of sp³-hybridized carbons (Fsp3) is 0.375. The molecule has 0 atom stereocenters. The lowest BCUT2D eigenvalue weighted by molar-refractivity contribution is 0.378. The van der Waals surface area contributed by atoms with Gasteiger partial charge in [-0.3, -0.25) is 0 Å². The number of hydrazone groups is 1. The number of piperidine rings is 1. The Morgan fingerprint density at radius 3 is 2.79 bits per heavy atom. The Balaban J connectivity index is 1.74. The fourth-order valence-electron chi connectivity index (χ4n) is 2.47. The van der Waals surface area contributed by atoms with E-state index < -0.39 is 0 Å². The van der Waals surface area contributed by atoms with E-state index in [0.29, 0.717) is 11.9 Å². The molecule has 1 aromatic heterocycles. The third-order valence-corrected chi connectivity index (χ3v) is 4.14. The molecule has 1 aliphatic heterocycles. The summed E-state index contributed by atoms with van der Waals surface area (Å²) in [4.78, 5) is 15.1. The molecule has 24 heavy (non-hydrogen) atoms. The van der Waals surface area contributed by atoms with Crippen LogP contribution < -0.4 is 15.1 Å². The summed E-state index contributed by atoms with van der Waals surface area (Å²) in [5, 5.41) is 4.19. The first-order chi connectivity index (χ1) is 11.7. The minimum atomic E-state index is 0.283. The molecule has 1 fully saturated rings. The van der Waals surface area contributed by atoms with E-state index in [-0.39, 0.29) is 6.01 Å². The third kappa shape index (κ3) is 4.41. The molecule has 1 saturated heterocycles. The van der Waals surface area contributed by atoms with Gasteiger partial charge in [-0.25, -0.2) is 5.43 Å². The first kappa shape index (κ1) is 16.6. The summed E-state index contributed by atoms with van der Waals surface area (Å²) in [6.45, 7) is 1.90. The Morgan fingerprint density at radius 1 is 1.21 bits per heavy atom. The second-order valence-corrected chi connectivity index (χ2v) is 6.33. The van der Waals surface area contributed by atoms with Gasteiger partial charge in [-0.1, -0.05) is 28.1 Å². The van der Waals surface area contributed by atoms with Crippen LogP contribution in [0.5, 0.6) is 6.01 Å². The van der Waals surface area contributed by atoms with Crippen LogP contribution in [0, 0.1) is 0 Å². The van der Waals surface area contributed by atoms with Gasteiger partial charge in [0.2, 0.25) is 5.95 Å². The van der Waals surface area contributed by atoms with Crippen molar-refractivity contribution in [2.24, 2.45) is 5.10 Å². The quantitative estimate of drug-likeness (QED) is 0.624.